The van der Waals surface area contributed by atoms with Crippen molar-refractivity contribution in [1.29, 1.82) is 0 Å². The van der Waals surface area contributed by atoms with E-state index in [2.05, 4.69) is 30.6 Å². The largest absolute Gasteiger partial charge is 0.379 e. The molecule has 0 saturated carbocycles. The van der Waals surface area contributed by atoms with Crippen LogP contribution in [0.15, 0.2) is 11.4 Å². The molecule has 1 aromatic rings. The van der Waals surface area contributed by atoms with E-state index in [0.717, 1.165) is 6.42 Å². The fourth-order valence-electron chi connectivity index (χ4n) is 1.73. The van der Waals surface area contributed by atoms with Gasteiger partial charge in [-0.3, -0.25) is 0 Å². The topological polar surface area (TPSA) is 21.3 Å². The fourth-order valence-corrected chi connectivity index (χ4v) is 2.82. The maximum absolute atomic E-state index is 5.48. The highest BCUT2D eigenvalue weighted by atomic mass is 32.1. The predicted octanol–water partition coefficient (Wildman–Crippen LogP) is 2.74. The minimum Gasteiger partial charge on any atom is -0.379 e. The molecule has 2 nitrogen and oxygen atoms in total. The second kappa shape index (κ2) is 5.49. The van der Waals surface area contributed by atoms with Crippen LogP contribution in [0.25, 0.3) is 0 Å². The monoisotopic (exact) mass is 213 g/mol. The average Bonchev–Trinajstić information content (AvgIpc) is 2.61. The molecule has 0 bridgehead atoms. The van der Waals surface area contributed by atoms with E-state index < -0.39 is 0 Å². The molecular weight excluding hydrogens is 194 g/mol. The molecule has 0 aromatic carbocycles. The zero-order valence-electron chi connectivity index (χ0n) is 9.33. The van der Waals surface area contributed by atoms with E-state index in [9.17, 15) is 0 Å². The van der Waals surface area contributed by atoms with E-state index in [-0.39, 0.29) is 6.10 Å². The number of likely N-dealkylation sites (N-methyl/N-ethyl adjacent to an activating group) is 1. The van der Waals surface area contributed by atoms with Gasteiger partial charge < -0.3 is 10.1 Å². The minimum absolute atomic E-state index is 0.261. The molecule has 1 N–H and O–H groups in total. The highest BCUT2D eigenvalue weighted by Gasteiger charge is 2.22. The Hall–Kier alpha value is -0.380. The van der Waals surface area contributed by atoms with Gasteiger partial charge in [-0.2, -0.15) is 0 Å². The number of thiophene rings is 1. The summed E-state index contributed by atoms with van der Waals surface area (Å²) in [7, 11) is 3.77. The zero-order chi connectivity index (χ0) is 10.6. The molecule has 3 heteroatoms. The number of hydrogen-bond acceptors (Lipinski definition) is 3. The number of nitrogens with one attached hydrogen (secondary N) is 1. The second-order valence-electron chi connectivity index (χ2n) is 3.42. The number of methoxy groups -OCH3 is 1. The quantitative estimate of drug-likeness (QED) is 0.812. The molecule has 1 heterocycles. The van der Waals surface area contributed by atoms with Crippen LogP contribution >= 0.6 is 11.3 Å². The smallest absolute Gasteiger partial charge is 0.0771 e. The summed E-state index contributed by atoms with van der Waals surface area (Å²) in [6.45, 7) is 4.31. The van der Waals surface area contributed by atoms with Crippen LogP contribution < -0.4 is 5.32 Å². The lowest BCUT2D eigenvalue weighted by Gasteiger charge is -2.24. The molecule has 0 radical (unpaired) electrons. The Kier molecular flexibility index (Phi) is 4.58. The molecule has 0 fully saturated rings. The third kappa shape index (κ3) is 2.35. The number of hydrogen-bond donors (Lipinski definition) is 1. The van der Waals surface area contributed by atoms with Gasteiger partial charge in [0.1, 0.15) is 0 Å². The summed E-state index contributed by atoms with van der Waals surface area (Å²) in [6.07, 6.45) is 1.29. The molecule has 0 amide bonds. The minimum atomic E-state index is 0.261. The van der Waals surface area contributed by atoms with Crippen molar-refractivity contribution in [2.24, 2.45) is 0 Å². The van der Waals surface area contributed by atoms with Gasteiger partial charge in [0.25, 0.3) is 0 Å². The SMILES string of the molecule is CCC(OC)C(NC)c1sccc1C. The Balaban J connectivity index is 2.86. The van der Waals surface area contributed by atoms with Crippen molar-refractivity contribution in [3.63, 3.8) is 0 Å². The number of ether oxygens (including phenoxy) is 1. The molecule has 0 aliphatic rings. The van der Waals surface area contributed by atoms with E-state index in [0.29, 0.717) is 6.04 Å². The first-order chi connectivity index (χ1) is 6.74. The van der Waals surface area contributed by atoms with Crippen molar-refractivity contribution >= 4 is 11.3 Å². The van der Waals surface area contributed by atoms with E-state index in [4.69, 9.17) is 4.74 Å². The maximum atomic E-state index is 5.48. The van der Waals surface area contributed by atoms with E-state index in [1.807, 2.05) is 7.05 Å². The Morgan fingerprint density at radius 3 is 2.64 bits per heavy atom. The molecule has 0 aliphatic heterocycles. The zero-order valence-corrected chi connectivity index (χ0v) is 10.1. The van der Waals surface area contributed by atoms with Gasteiger partial charge in [-0.05, 0) is 37.4 Å². The predicted molar refractivity (Wildman–Crippen MR) is 61.9 cm³/mol. The molecule has 0 saturated heterocycles. The van der Waals surface area contributed by atoms with Gasteiger partial charge >= 0.3 is 0 Å². The van der Waals surface area contributed by atoms with Crippen LogP contribution in [0.1, 0.15) is 29.8 Å². The first-order valence-corrected chi connectivity index (χ1v) is 5.86. The number of rotatable bonds is 5. The van der Waals surface area contributed by atoms with Crippen molar-refractivity contribution in [3.8, 4) is 0 Å². The summed E-state index contributed by atoms with van der Waals surface area (Å²) < 4.78 is 5.48. The Morgan fingerprint density at radius 1 is 1.57 bits per heavy atom. The molecule has 0 spiro atoms. The van der Waals surface area contributed by atoms with Gasteiger partial charge in [0, 0.05) is 12.0 Å². The highest BCUT2D eigenvalue weighted by molar-refractivity contribution is 7.10. The van der Waals surface area contributed by atoms with Crippen molar-refractivity contribution in [2.45, 2.75) is 32.4 Å². The van der Waals surface area contributed by atoms with Crippen molar-refractivity contribution in [1.82, 2.24) is 5.32 Å². The molecular formula is C11H19NOS. The Bertz CT molecular complexity index is 268. The first kappa shape index (κ1) is 11.7. The van der Waals surface area contributed by atoms with Crippen molar-refractivity contribution in [2.75, 3.05) is 14.2 Å². The van der Waals surface area contributed by atoms with Crippen LogP contribution in [0, 0.1) is 6.92 Å². The van der Waals surface area contributed by atoms with Gasteiger partial charge in [0.05, 0.1) is 12.1 Å². The van der Waals surface area contributed by atoms with Crippen LogP contribution in [-0.2, 0) is 4.74 Å². The summed E-state index contributed by atoms with van der Waals surface area (Å²) >= 11 is 1.80. The summed E-state index contributed by atoms with van der Waals surface area (Å²) in [6, 6.07) is 2.48. The molecule has 14 heavy (non-hydrogen) atoms. The van der Waals surface area contributed by atoms with Gasteiger partial charge in [0.2, 0.25) is 0 Å². The Morgan fingerprint density at radius 2 is 2.29 bits per heavy atom. The van der Waals surface area contributed by atoms with Crippen LogP contribution in [-0.4, -0.2) is 20.3 Å². The molecule has 2 atom stereocenters. The van der Waals surface area contributed by atoms with Crippen LogP contribution in [0.2, 0.25) is 0 Å². The van der Waals surface area contributed by atoms with Gasteiger partial charge in [-0.15, -0.1) is 11.3 Å². The van der Waals surface area contributed by atoms with Crippen LogP contribution in [0.3, 0.4) is 0 Å². The fraction of sp³-hybridized carbons (Fsp3) is 0.636. The van der Waals surface area contributed by atoms with E-state index in [1.165, 1.54) is 10.4 Å². The lowest BCUT2D eigenvalue weighted by atomic mass is 10.0. The second-order valence-corrected chi connectivity index (χ2v) is 4.36. The van der Waals surface area contributed by atoms with Crippen molar-refractivity contribution in [3.05, 3.63) is 21.9 Å². The first-order valence-electron chi connectivity index (χ1n) is 4.98. The van der Waals surface area contributed by atoms with Crippen LogP contribution in [0.4, 0.5) is 0 Å². The maximum Gasteiger partial charge on any atom is 0.0771 e. The third-order valence-electron chi connectivity index (χ3n) is 2.57. The molecule has 1 rings (SSSR count). The number of aryl methyl sites for hydroxylation is 1. The van der Waals surface area contributed by atoms with Gasteiger partial charge in [0.15, 0.2) is 0 Å². The molecule has 80 valence electrons. The molecule has 2 unspecified atom stereocenters. The van der Waals surface area contributed by atoms with E-state index >= 15 is 0 Å². The summed E-state index contributed by atoms with van der Waals surface area (Å²) in [5.74, 6) is 0. The highest BCUT2D eigenvalue weighted by Crippen LogP contribution is 2.28. The molecule has 0 aliphatic carbocycles. The van der Waals surface area contributed by atoms with Crippen molar-refractivity contribution < 1.29 is 4.74 Å². The van der Waals surface area contributed by atoms with Crippen LogP contribution in [0.5, 0.6) is 0 Å². The van der Waals surface area contributed by atoms with Gasteiger partial charge in [-0.1, -0.05) is 6.92 Å². The summed E-state index contributed by atoms with van der Waals surface area (Å²) in [5.41, 5.74) is 1.35. The lowest BCUT2D eigenvalue weighted by Crippen LogP contribution is -2.30. The standard InChI is InChI=1S/C11H19NOS/c1-5-9(13-4)10(12-3)11-8(2)6-7-14-11/h6-7,9-10,12H,5H2,1-4H3. The normalized spacial score (nSPS) is 15.4. The third-order valence-corrected chi connectivity index (χ3v) is 3.67. The lowest BCUT2D eigenvalue weighted by molar-refractivity contribution is 0.0684. The average molecular weight is 213 g/mol. The van der Waals surface area contributed by atoms with E-state index in [1.54, 1.807) is 18.4 Å². The summed E-state index contributed by atoms with van der Waals surface area (Å²) in [5, 5.41) is 5.47. The molecule has 1 aromatic heterocycles. The Labute approximate surface area is 90.3 Å². The van der Waals surface area contributed by atoms with Gasteiger partial charge in [-0.25, -0.2) is 0 Å². The summed E-state index contributed by atoms with van der Waals surface area (Å²) in [4.78, 5) is 1.39.